The van der Waals surface area contributed by atoms with Crippen LogP contribution in [0.2, 0.25) is 0 Å². The first-order valence-electron chi connectivity index (χ1n) is 4.87. The fourth-order valence-electron chi connectivity index (χ4n) is 1.06. The molecule has 1 aromatic heterocycles. The van der Waals surface area contributed by atoms with Gasteiger partial charge in [-0.25, -0.2) is 9.59 Å². The molecule has 0 N–H and O–H groups in total. The van der Waals surface area contributed by atoms with E-state index in [1.54, 1.807) is 13.8 Å². The molecule has 0 fully saturated rings. The number of esters is 2. The van der Waals surface area contributed by atoms with Crippen LogP contribution in [0.25, 0.3) is 0 Å². The second-order valence-corrected chi connectivity index (χ2v) is 3.88. The molecule has 0 atom stereocenters. The smallest absolute Gasteiger partial charge is 0.347 e. The lowest BCUT2D eigenvalue weighted by atomic mass is 10.3. The number of carbonyl (C=O) groups excluding carboxylic acids is 2. The minimum absolute atomic E-state index is 0.0824. The Kier molecular flexibility index (Phi) is 4.33. The molecule has 0 bridgehead atoms. The van der Waals surface area contributed by atoms with Crippen LogP contribution in [0.15, 0.2) is 0 Å². The molecule has 94 valence electrons. The van der Waals surface area contributed by atoms with Crippen LogP contribution >= 0.6 is 11.3 Å². The standard InChI is InChI=1S/C10H12O6S/c1-3-15-9(13)7-5(11)6(12)8(17-7)10(14)16-4-2/h11-12H,3-4H2,1-2H3/p-2. The molecule has 0 unspecified atom stereocenters. The molecule has 0 saturated heterocycles. The summed E-state index contributed by atoms with van der Waals surface area (Å²) in [5.41, 5.74) is 0. The first kappa shape index (κ1) is 13.3. The van der Waals surface area contributed by atoms with Crippen molar-refractivity contribution in [2.75, 3.05) is 13.2 Å². The number of carbonyl (C=O) groups is 2. The van der Waals surface area contributed by atoms with Crippen molar-refractivity contribution in [2.24, 2.45) is 0 Å². The van der Waals surface area contributed by atoms with Gasteiger partial charge in [-0.2, -0.15) is 0 Å². The van der Waals surface area contributed by atoms with Crippen LogP contribution in [0.1, 0.15) is 33.2 Å². The zero-order chi connectivity index (χ0) is 13.0. The number of hydrogen-bond donors (Lipinski definition) is 0. The monoisotopic (exact) mass is 258 g/mol. The van der Waals surface area contributed by atoms with E-state index in [4.69, 9.17) is 0 Å². The van der Waals surface area contributed by atoms with Crippen LogP contribution in [-0.4, -0.2) is 25.2 Å². The summed E-state index contributed by atoms with van der Waals surface area (Å²) in [4.78, 5) is 21.8. The van der Waals surface area contributed by atoms with Crippen molar-refractivity contribution in [3.8, 4) is 11.5 Å². The van der Waals surface area contributed by atoms with E-state index in [9.17, 15) is 19.8 Å². The molecule has 1 heterocycles. The fraction of sp³-hybridized carbons (Fsp3) is 0.400. The van der Waals surface area contributed by atoms with E-state index in [0.717, 1.165) is 0 Å². The Bertz CT molecular complexity index is 398. The van der Waals surface area contributed by atoms with Crippen molar-refractivity contribution < 1.29 is 29.3 Å². The molecule has 0 saturated carbocycles. The summed E-state index contributed by atoms with van der Waals surface area (Å²) in [6.07, 6.45) is 0. The van der Waals surface area contributed by atoms with Gasteiger partial charge in [0.05, 0.1) is 13.2 Å². The molecule has 1 aromatic rings. The highest BCUT2D eigenvalue weighted by Gasteiger charge is 2.18. The molecule has 0 radical (unpaired) electrons. The molecule has 17 heavy (non-hydrogen) atoms. The molecule has 6 nitrogen and oxygen atoms in total. The summed E-state index contributed by atoms with van der Waals surface area (Å²) >= 11 is 0.508. The van der Waals surface area contributed by atoms with E-state index in [0.29, 0.717) is 11.3 Å². The van der Waals surface area contributed by atoms with Gasteiger partial charge in [0.25, 0.3) is 0 Å². The number of ether oxygens (including phenoxy) is 2. The van der Waals surface area contributed by atoms with Crippen molar-refractivity contribution in [1.82, 2.24) is 0 Å². The third kappa shape index (κ3) is 2.68. The van der Waals surface area contributed by atoms with Gasteiger partial charge in [-0.3, -0.25) is 0 Å². The number of rotatable bonds is 4. The number of thiophene rings is 1. The van der Waals surface area contributed by atoms with E-state index < -0.39 is 23.4 Å². The van der Waals surface area contributed by atoms with E-state index in [1.165, 1.54) is 0 Å². The lowest BCUT2D eigenvalue weighted by Crippen LogP contribution is -2.08. The first-order chi connectivity index (χ1) is 8.02. The normalized spacial score (nSPS) is 10.0. The highest BCUT2D eigenvalue weighted by molar-refractivity contribution is 7.16. The van der Waals surface area contributed by atoms with Crippen LogP contribution in [0.4, 0.5) is 0 Å². The summed E-state index contributed by atoms with van der Waals surface area (Å²) in [5.74, 6) is -3.82. The van der Waals surface area contributed by atoms with E-state index >= 15 is 0 Å². The quantitative estimate of drug-likeness (QED) is 0.718. The minimum atomic E-state index is -1.02. The molecule has 0 aliphatic carbocycles. The van der Waals surface area contributed by atoms with Crippen LogP contribution in [0.3, 0.4) is 0 Å². The maximum atomic E-state index is 11.4. The third-order valence-corrected chi connectivity index (χ3v) is 2.86. The zero-order valence-electron chi connectivity index (χ0n) is 9.27. The predicted molar refractivity (Wildman–Crippen MR) is 55.1 cm³/mol. The molecular formula is C10H10O6S-2. The van der Waals surface area contributed by atoms with Crippen LogP contribution in [0.5, 0.6) is 11.5 Å². The van der Waals surface area contributed by atoms with Gasteiger partial charge in [0.2, 0.25) is 0 Å². The maximum Gasteiger partial charge on any atom is 0.347 e. The van der Waals surface area contributed by atoms with E-state index in [-0.39, 0.29) is 23.0 Å². The van der Waals surface area contributed by atoms with E-state index in [2.05, 4.69) is 9.47 Å². The van der Waals surface area contributed by atoms with Gasteiger partial charge < -0.3 is 19.7 Å². The van der Waals surface area contributed by atoms with Crippen molar-refractivity contribution in [3.05, 3.63) is 9.75 Å². The molecule has 0 aliphatic rings. The van der Waals surface area contributed by atoms with Crippen molar-refractivity contribution in [2.45, 2.75) is 13.8 Å². The van der Waals surface area contributed by atoms with Gasteiger partial charge >= 0.3 is 11.9 Å². The van der Waals surface area contributed by atoms with Gasteiger partial charge in [-0.05, 0) is 13.8 Å². The Morgan fingerprint density at radius 2 is 1.35 bits per heavy atom. The lowest BCUT2D eigenvalue weighted by molar-refractivity contribution is -0.316. The lowest BCUT2D eigenvalue weighted by Gasteiger charge is -2.14. The average Bonchev–Trinajstić information content (AvgIpc) is 2.57. The zero-order valence-corrected chi connectivity index (χ0v) is 10.1. The summed E-state index contributed by atoms with van der Waals surface area (Å²) in [7, 11) is 0. The second kappa shape index (κ2) is 5.53. The highest BCUT2D eigenvalue weighted by Crippen LogP contribution is 2.37. The van der Waals surface area contributed by atoms with E-state index in [1.807, 2.05) is 0 Å². The molecule has 7 heteroatoms. The average molecular weight is 258 g/mol. The van der Waals surface area contributed by atoms with Crippen molar-refractivity contribution >= 4 is 23.3 Å². The Morgan fingerprint density at radius 3 is 1.65 bits per heavy atom. The van der Waals surface area contributed by atoms with Crippen LogP contribution < -0.4 is 10.2 Å². The highest BCUT2D eigenvalue weighted by atomic mass is 32.1. The maximum absolute atomic E-state index is 11.4. The predicted octanol–water partition coefficient (Wildman–Crippen LogP) is 0.249. The molecule has 0 aromatic carbocycles. The van der Waals surface area contributed by atoms with Crippen molar-refractivity contribution in [1.29, 1.82) is 0 Å². The fourth-order valence-corrected chi connectivity index (χ4v) is 1.92. The van der Waals surface area contributed by atoms with Crippen LogP contribution in [-0.2, 0) is 9.47 Å². The Balaban J connectivity index is 3.07. The van der Waals surface area contributed by atoms with Gasteiger partial charge in [0, 0.05) is 0 Å². The van der Waals surface area contributed by atoms with Gasteiger partial charge in [0.15, 0.2) is 0 Å². The third-order valence-electron chi connectivity index (χ3n) is 1.74. The summed E-state index contributed by atoms with van der Waals surface area (Å²) in [5, 5.41) is 22.8. The summed E-state index contributed by atoms with van der Waals surface area (Å²) in [6, 6.07) is 0. The molecule has 0 spiro atoms. The van der Waals surface area contributed by atoms with Gasteiger partial charge in [0.1, 0.15) is 9.75 Å². The largest absolute Gasteiger partial charge is 0.872 e. The van der Waals surface area contributed by atoms with Crippen molar-refractivity contribution in [3.63, 3.8) is 0 Å². The SMILES string of the molecule is CCOC(=O)c1sc(C(=O)OCC)c([O-])c1[O-]. The molecular weight excluding hydrogens is 248 g/mol. The first-order valence-corrected chi connectivity index (χ1v) is 5.69. The van der Waals surface area contributed by atoms with Crippen LogP contribution in [0, 0.1) is 0 Å². The summed E-state index contributed by atoms with van der Waals surface area (Å²) < 4.78 is 9.19. The topological polar surface area (TPSA) is 98.7 Å². The Morgan fingerprint density at radius 1 is 1.00 bits per heavy atom. The molecule has 1 rings (SSSR count). The molecule has 0 amide bonds. The second-order valence-electron chi connectivity index (χ2n) is 2.86. The van der Waals surface area contributed by atoms with Gasteiger partial charge in [-0.15, -0.1) is 11.3 Å². The molecule has 0 aliphatic heterocycles. The Hall–Kier alpha value is -1.76. The summed E-state index contributed by atoms with van der Waals surface area (Å²) in [6.45, 7) is 3.30. The minimum Gasteiger partial charge on any atom is -0.872 e. The number of hydrogen-bond acceptors (Lipinski definition) is 7. The Labute approximate surface area is 101 Å². The van der Waals surface area contributed by atoms with Gasteiger partial charge in [-0.1, -0.05) is 11.5 Å².